The second kappa shape index (κ2) is 11.1. The molecule has 39 heavy (non-hydrogen) atoms. The summed E-state index contributed by atoms with van der Waals surface area (Å²) in [6.07, 6.45) is -7.70. The van der Waals surface area contributed by atoms with E-state index in [9.17, 15) is 87.8 Å². The molecule has 0 radical (unpaired) electrons. The van der Waals surface area contributed by atoms with Gasteiger partial charge < -0.3 is 10.1 Å². The van der Waals surface area contributed by atoms with Gasteiger partial charge in [0.2, 0.25) is 9.84 Å². The molecule has 0 saturated carbocycles. The van der Waals surface area contributed by atoms with E-state index in [4.69, 9.17) is 0 Å². The van der Waals surface area contributed by atoms with Gasteiger partial charge in [0, 0.05) is 6.08 Å². The number of nitrogens with one attached hydrogen (secondary N) is 1. The van der Waals surface area contributed by atoms with Crippen LogP contribution in [0.3, 0.4) is 0 Å². The molecule has 0 aliphatic carbocycles. The molecule has 0 aromatic rings. The van der Waals surface area contributed by atoms with E-state index in [1.54, 1.807) is 0 Å². The maximum atomic E-state index is 13.9. The van der Waals surface area contributed by atoms with E-state index in [-0.39, 0.29) is 12.8 Å². The second-order valence-electron chi connectivity index (χ2n) is 7.30. The van der Waals surface area contributed by atoms with Crippen LogP contribution in [-0.4, -0.2) is 80.4 Å². The Labute approximate surface area is 206 Å². The Morgan fingerprint density at radius 3 is 1.44 bits per heavy atom. The van der Waals surface area contributed by atoms with Crippen LogP contribution in [-0.2, 0) is 19.4 Å². The Bertz CT molecular complexity index is 991. The van der Waals surface area contributed by atoms with Crippen molar-refractivity contribution in [2.45, 2.75) is 59.8 Å². The van der Waals surface area contributed by atoms with Gasteiger partial charge in [0.15, 0.2) is 0 Å². The molecule has 0 aliphatic rings. The molecule has 0 atom stereocenters. The zero-order valence-corrected chi connectivity index (χ0v) is 19.1. The first-order chi connectivity index (χ1) is 17.0. The minimum absolute atomic E-state index is 0.185. The zero-order valence-electron chi connectivity index (χ0n) is 18.3. The highest BCUT2D eigenvalue weighted by molar-refractivity contribution is 7.92. The molecule has 0 bridgehead atoms. The van der Waals surface area contributed by atoms with Crippen molar-refractivity contribution < 1.29 is 92.6 Å². The standard InChI is InChI=1S/C16H14F17NO4S/c1-2-8(35)38-6-4-3-5-34-7-39(36,37)16(32,33)14(27,28)12(23,24)10(19,20)9(17,18)11(21,22)13(25,26)15(29,30)31/h2,34H,1,3-7H2. The number of hydrogen-bond donors (Lipinski definition) is 1. The summed E-state index contributed by atoms with van der Waals surface area (Å²) in [6, 6.07) is 0. The lowest BCUT2D eigenvalue weighted by atomic mass is 9.91. The predicted octanol–water partition coefficient (Wildman–Crippen LogP) is 5.42. The number of rotatable bonds is 15. The third kappa shape index (κ3) is 6.01. The summed E-state index contributed by atoms with van der Waals surface area (Å²) in [6.45, 7) is 1.81. The molecule has 0 aliphatic heterocycles. The van der Waals surface area contributed by atoms with Crippen LogP contribution in [0.5, 0.6) is 0 Å². The molecule has 23 heteroatoms. The largest absolute Gasteiger partial charge is 0.463 e. The van der Waals surface area contributed by atoms with Gasteiger partial charge in [-0.05, 0) is 19.4 Å². The van der Waals surface area contributed by atoms with Crippen LogP contribution in [0, 0.1) is 0 Å². The molecule has 0 aromatic heterocycles. The number of esters is 1. The zero-order chi connectivity index (χ0) is 31.7. The van der Waals surface area contributed by atoms with E-state index >= 15 is 0 Å². The molecule has 0 unspecified atom stereocenters. The van der Waals surface area contributed by atoms with Gasteiger partial charge in [-0.3, -0.25) is 0 Å². The fourth-order valence-corrected chi connectivity index (χ4v) is 3.34. The molecule has 1 N–H and O–H groups in total. The summed E-state index contributed by atoms with van der Waals surface area (Å²) in [5, 5.41) is -6.14. The van der Waals surface area contributed by atoms with Gasteiger partial charge >= 0.3 is 52.9 Å². The maximum Gasteiger partial charge on any atom is 0.460 e. The summed E-state index contributed by atoms with van der Waals surface area (Å²) < 4.78 is 252. The number of ether oxygens (including phenoxy) is 1. The number of hydrogen-bond acceptors (Lipinski definition) is 5. The van der Waals surface area contributed by atoms with E-state index in [0.717, 1.165) is 0 Å². The molecule has 0 saturated heterocycles. The molecule has 0 spiro atoms. The Hall–Kier alpha value is -2.07. The van der Waals surface area contributed by atoms with Gasteiger partial charge in [0.05, 0.1) is 6.61 Å². The Morgan fingerprint density at radius 2 is 1.05 bits per heavy atom. The number of alkyl halides is 17. The fraction of sp³-hybridized carbons (Fsp3) is 0.812. The van der Waals surface area contributed by atoms with Crippen molar-refractivity contribution >= 4 is 15.8 Å². The number of sulfone groups is 1. The minimum atomic E-state index is -8.86. The van der Waals surface area contributed by atoms with Gasteiger partial charge in [-0.15, -0.1) is 0 Å². The van der Waals surface area contributed by atoms with Crippen molar-refractivity contribution in [3.05, 3.63) is 12.7 Å². The monoisotopic (exact) mass is 639 g/mol. The van der Waals surface area contributed by atoms with E-state index in [1.165, 1.54) is 5.32 Å². The summed E-state index contributed by atoms with van der Waals surface area (Å²) in [5.41, 5.74) is 0. The summed E-state index contributed by atoms with van der Waals surface area (Å²) in [4.78, 5) is 10.7. The van der Waals surface area contributed by atoms with Gasteiger partial charge in [0.1, 0.15) is 5.88 Å². The van der Waals surface area contributed by atoms with Crippen LogP contribution in [0.15, 0.2) is 12.7 Å². The number of carbonyl (C=O) groups is 1. The van der Waals surface area contributed by atoms with Crippen LogP contribution >= 0.6 is 0 Å². The summed E-state index contributed by atoms with van der Waals surface area (Å²) in [5.74, 6) is -55.2. The topological polar surface area (TPSA) is 72.5 Å². The van der Waals surface area contributed by atoms with Crippen LogP contribution in [0.2, 0.25) is 0 Å². The van der Waals surface area contributed by atoms with Gasteiger partial charge in [-0.1, -0.05) is 6.58 Å². The highest BCUT2D eigenvalue weighted by Gasteiger charge is 2.96. The number of halogens is 17. The highest BCUT2D eigenvalue weighted by atomic mass is 32.2. The van der Waals surface area contributed by atoms with Crippen LogP contribution < -0.4 is 5.32 Å². The third-order valence-corrected chi connectivity index (χ3v) is 6.16. The molecule has 232 valence electrons. The highest BCUT2D eigenvalue weighted by Crippen LogP contribution is 2.64. The molecular weight excluding hydrogens is 625 g/mol. The van der Waals surface area contributed by atoms with Crippen molar-refractivity contribution in [3.8, 4) is 0 Å². The quantitative estimate of drug-likeness (QED) is 0.112. The first-order valence-electron chi connectivity index (χ1n) is 9.39. The number of unbranched alkanes of at least 4 members (excludes halogenated alkanes) is 1. The Kier molecular flexibility index (Phi) is 10.5. The smallest absolute Gasteiger partial charge is 0.460 e. The predicted molar refractivity (Wildman–Crippen MR) is 92.9 cm³/mol. The molecule has 0 heterocycles. The van der Waals surface area contributed by atoms with Gasteiger partial charge in [0.25, 0.3) is 0 Å². The minimum Gasteiger partial charge on any atom is -0.463 e. The normalized spacial score (nSPS) is 15.3. The molecule has 5 nitrogen and oxygen atoms in total. The second-order valence-corrected chi connectivity index (χ2v) is 9.33. The summed E-state index contributed by atoms with van der Waals surface area (Å²) >= 11 is 0. The molecule has 0 fully saturated rings. The van der Waals surface area contributed by atoms with Crippen molar-refractivity contribution in [2.24, 2.45) is 0 Å². The van der Waals surface area contributed by atoms with E-state index in [0.29, 0.717) is 6.08 Å². The van der Waals surface area contributed by atoms with Gasteiger partial charge in [-0.25, -0.2) is 13.2 Å². The average Bonchev–Trinajstić information content (AvgIpc) is 2.76. The van der Waals surface area contributed by atoms with Crippen molar-refractivity contribution in [2.75, 3.05) is 19.0 Å². The lowest BCUT2D eigenvalue weighted by Crippen LogP contribution is -2.75. The fourth-order valence-electron chi connectivity index (χ4n) is 2.23. The third-order valence-electron chi connectivity index (χ3n) is 4.53. The molecule has 0 aromatic carbocycles. The lowest BCUT2D eigenvalue weighted by Gasteiger charge is -2.42. The molecule has 0 rings (SSSR count). The van der Waals surface area contributed by atoms with E-state index in [2.05, 4.69) is 11.3 Å². The number of carbonyl (C=O) groups excluding carboxylic acids is 1. The SMILES string of the molecule is C=CC(=O)OCCCCNCS(=O)(=O)C(F)(F)C(F)(F)C(F)(F)C(F)(F)C(F)(F)C(F)(F)C(F)(F)C(F)(F)F. The summed E-state index contributed by atoms with van der Waals surface area (Å²) in [7, 11) is -7.17. The first kappa shape index (κ1) is 36.9. The van der Waals surface area contributed by atoms with E-state index < -0.39 is 81.8 Å². The molecule has 0 amide bonds. The van der Waals surface area contributed by atoms with Gasteiger partial charge in [-0.2, -0.15) is 74.6 Å². The molecular formula is C16H14F17NO4S. The first-order valence-corrected chi connectivity index (χ1v) is 11.0. The van der Waals surface area contributed by atoms with Crippen LogP contribution in [0.25, 0.3) is 0 Å². The average molecular weight is 639 g/mol. The lowest BCUT2D eigenvalue weighted by molar-refractivity contribution is -0.458. The maximum absolute atomic E-state index is 13.9. The van der Waals surface area contributed by atoms with Crippen LogP contribution in [0.4, 0.5) is 74.6 Å². The van der Waals surface area contributed by atoms with E-state index in [1.807, 2.05) is 0 Å². The van der Waals surface area contributed by atoms with Crippen molar-refractivity contribution in [1.29, 1.82) is 0 Å². The van der Waals surface area contributed by atoms with Crippen molar-refractivity contribution in [1.82, 2.24) is 5.32 Å². The Morgan fingerprint density at radius 1 is 0.667 bits per heavy atom. The van der Waals surface area contributed by atoms with Crippen LogP contribution in [0.1, 0.15) is 12.8 Å². The Balaban J connectivity index is 6.11. The van der Waals surface area contributed by atoms with Crippen molar-refractivity contribution in [3.63, 3.8) is 0 Å².